The second kappa shape index (κ2) is 8.77. The van der Waals surface area contributed by atoms with Crippen LogP contribution in [0.25, 0.3) is 0 Å². The van der Waals surface area contributed by atoms with Crippen molar-refractivity contribution in [1.82, 2.24) is 9.97 Å². The van der Waals surface area contributed by atoms with Gasteiger partial charge in [0.25, 0.3) is 5.91 Å². The van der Waals surface area contributed by atoms with Crippen LogP contribution in [-0.2, 0) is 0 Å². The van der Waals surface area contributed by atoms with E-state index in [2.05, 4.69) is 20.6 Å². The Labute approximate surface area is 162 Å². The van der Waals surface area contributed by atoms with E-state index in [-0.39, 0.29) is 11.7 Å². The van der Waals surface area contributed by atoms with Crippen molar-refractivity contribution in [2.45, 2.75) is 13.8 Å². The van der Waals surface area contributed by atoms with Gasteiger partial charge in [0, 0.05) is 29.3 Å². The van der Waals surface area contributed by atoms with Gasteiger partial charge in [-0.15, -0.1) is 0 Å². The normalized spacial score (nSPS) is 10.2. The lowest BCUT2D eigenvalue weighted by Gasteiger charge is -2.08. The lowest BCUT2D eigenvalue weighted by Crippen LogP contribution is -2.13. The summed E-state index contributed by atoms with van der Waals surface area (Å²) >= 11 is 0. The lowest BCUT2D eigenvalue weighted by molar-refractivity contribution is 0.101. The first-order valence-corrected chi connectivity index (χ1v) is 8.79. The number of rotatable bonds is 7. The Morgan fingerprint density at radius 1 is 0.893 bits per heavy atom. The summed E-state index contributed by atoms with van der Waals surface area (Å²) in [7, 11) is 0. The fraction of sp³-hybridized carbons (Fsp3) is 0.143. The molecule has 7 heteroatoms. The topological polar surface area (TPSA) is 93.2 Å². The molecule has 3 aromatic rings. The molecule has 28 heavy (non-hydrogen) atoms. The molecule has 0 unspecified atom stereocenters. The van der Waals surface area contributed by atoms with Gasteiger partial charge in [-0.05, 0) is 62.4 Å². The molecule has 142 valence electrons. The molecule has 1 amide bonds. The predicted octanol–water partition coefficient (Wildman–Crippen LogP) is 4.07. The maximum Gasteiger partial charge on any atom is 0.258 e. The van der Waals surface area contributed by atoms with Crippen molar-refractivity contribution in [1.29, 1.82) is 0 Å². The van der Waals surface area contributed by atoms with Gasteiger partial charge in [-0.1, -0.05) is 0 Å². The Bertz CT molecular complexity index is 952. The zero-order chi connectivity index (χ0) is 19.9. The van der Waals surface area contributed by atoms with Gasteiger partial charge in [0.15, 0.2) is 5.78 Å². The molecule has 0 aliphatic rings. The van der Waals surface area contributed by atoms with Crippen LogP contribution in [0.3, 0.4) is 0 Å². The van der Waals surface area contributed by atoms with E-state index in [1.54, 1.807) is 24.3 Å². The Balaban J connectivity index is 1.61. The third kappa shape index (κ3) is 4.91. The number of hydrogen-bond acceptors (Lipinski definition) is 6. The van der Waals surface area contributed by atoms with Crippen LogP contribution in [-0.4, -0.2) is 28.3 Å². The summed E-state index contributed by atoms with van der Waals surface area (Å²) in [4.78, 5) is 31.9. The maximum atomic E-state index is 12.3. The largest absolute Gasteiger partial charge is 0.494 e. The molecule has 1 heterocycles. The second-order valence-corrected chi connectivity index (χ2v) is 5.97. The van der Waals surface area contributed by atoms with Crippen molar-refractivity contribution in [3.8, 4) is 5.75 Å². The van der Waals surface area contributed by atoms with Gasteiger partial charge in [-0.3, -0.25) is 9.59 Å². The first-order valence-electron chi connectivity index (χ1n) is 8.79. The molecule has 2 N–H and O–H groups in total. The van der Waals surface area contributed by atoms with Crippen molar-refractivity contribution in [3.05, 3.63) is 72.1 Å². The third-order valence-corrected chi connectivity index (χ3v) is 3.88. The van der Waals surface area contributed by atoms with Crippen LogP contribution >= 0.6 is 0 Å². The van der Waals surface area contributed by atoms with Crippen LogP contribution in [0.15, 0.2) is 60.9 Å². The summed E-state index contributed by atoms with van der Waals surface area (Å²) < 4.78 is 5.40. The quantitative estimate of drug-likeness (QED) is 0.604. The van der Waals surface area contributed by atoms with Gasteiger partial charge in [0.1, 0.15) is 5.75 Å². The monoisotopic (exact) mass is 376 g/mol. The molecule has 0 aliphatic heterocycles. The minimum Gasteiger partial charge on any atom is -0.494 e. The molecule has 0 saturated heterocycles. The highest BCUT2D eigenvalue weighted by atomic mass is 16.5. The van der Waals surface area contributed by atoms with Crippen molar-refractivity contribution >= 4 is 29.0 Å². The number of aromatic nitrogens is 2. The summed E-state index contributed by atoms with van der Waals surface area (Å²) in [5.74, 6) is 0.814. The SMILES string of the molecule is CCOc1ccc(Nc2ncc(C(=O)Nc3ccc(C(C)=O)cc3)cn2)cc1. The van der Waals surface area contributed by atoms with Crippen molar-refractivity contribution in [3.63, 3.8) is 0 Å². The third-order valence-electron chi connectivity index (χ3n) is 3.88. The summed E-state index contributed by atoms with van der Waals surface area (Å²) in [6.07, 6.45) is 2.90. The Morgan fingerprint density at radius 3 is 2.07 bits per heavy atom. The van der Waals surface area contributed by atoms with E-state index in [0.29, 0.717) is 29.4 Å². The summed E-state index contributed by atoms with van der Waals surface area (Å²) in [5, 5.41) is 5.81. The average Bonchev–Trinajstić information content (AvgIpc) is 2.70. The van der Waals surface area contributed by atoms with Crippen LogP contribution in [0.4, 0.5) is 17.3 Å². The Kier molecular flexibility index (Phi) is 5.96. The zero-order valence-electron chi connectivity index (χ0n) is 15.6. The second-order valence-electron chi connectivity index (χ2n) is 5.97. The summed E-state index contributed by atoms with van der Waals surface area (Å²) in [5.41, 5.74) is 2.32. The van der Waals surface area contributed by atoms with Crippen molar-refractivity contribution < 1.29 is 14.3 Å². The number of Topliss-reactive ketones (excluding diaryl/α,β-unsaturated/α-hetero) is 1. The molecule has 2 aromatic carbocycles. The number of anilines is 3. The van der Waals surface area contributed by atoms with Crippen molar-refractivity contribution in [2.75, 3.05) is 17.2 Å². The minimum atomic E-state index is -0.330. The van der Waals surface area contributed by atoms with E-state index in [4.69, 9.17) is 4.74 Å². The molecular formula is C21H20N4O3. The van der Waals surface area contributed by atoms with Crippen molar-refractivity contribution in [2.24, 2.45) is 0 Å². The van der Waals surface area contributed by atoms with Gasteiger partial charge in [-0.25, -0.2) is 9.97 Å². The molecule has 0 radical (unpaired) electrons. The van der Waals surface area contributed by atoms with Gasteiger partial charge in [-0.2, -0.15) is 0 Å². The standard InChI is InChI=1S/C21H20N4O3/c1-3-28-19-10-8-18(9-11-19)25-21-22-12-16(13-23-21)20(27)24-17-6-4-15(5-7-17)14(2)26/h4-13H,3H2,1-2H3,(H,24,27)(H,22,23,25). The predicted molar refractivity (Wildman–Crippen MR) is 107 cm³/mol. The fourth-order valence-electron chi connectivity index (χ4n) is 2.43. The van der Waals surface area contributed by atoms with E-state index >= 15 is 0 Å². The van der Waals surface area contributed by atoms with Gasteiger partial charge in [0.2, 0.25) is 5.95 Å². The first kappa shape index (κ1) is 19.0. The van der Waals surface area contributed by atoms with Gasteiger partial charge >= 0.3 is 0 Å². The molecule has 7 nitrogen and oxygen atoms in total. The lowest BCUT2D eigenvalue weighted by atomic mass is 10.1. The molecule has 1 aromatic heterocycles. The van der Waals surface area contributed by atoms with Crippen LogP contribution < -0.4 is 15.4 Å². The number of ketones is 1. The van der Waals surface area contributed by atoms with Crippen LogP contribution in [0, 0.1) is 0 Å². The van der Waals surface area contributed by atoms with Crippen LogP contribution in [0.2, 0.25) is 0 Å². The number of benzene rings is 2. The smallest absolute Gasteiger partial charge is 0.258 e. The molecule has 0 atom stereocenters. The molecule has 0 bridgehead atoms. The minimum absolute atomic E-state index is 0.0260. The number of ether oxygens (including phenoxy) is 1. The number of carbonyl (C=O) groups is 2. The number of carbonyl (C=O) groups excluding carboxylic acids is 2. The molecule has 0 spiro atoms. The van der Waals surface area contributed by atoms with Gasteiger partial charge in [0.05, 0.1) is 12.2 Å². The average molecular weight is 376 g/mol. The van der Waals surface area contributed by atoms with Crippen LogP contribution in [0.1, 0.15) is 34.6 Å². The van der Waals surface area contributed by atoms with E-state index < -0.39 is 0 Å². The highest BCUT2D eigenvalue weighted by Gasteiger charge is 2.09. The highest BCUT2D eigenvalue weighted by Crippen LogP contribution is 2.18. The first-order chi connectivity index (χ1) is 13.5. The molecular weight excluding hydrogens is 356 g/mol. The highest BCUT2D eigenvalue weighted by molar-refractivity contribution is 6.04. The summed E-state index contributed by atoms with van der Waals surface area (Å²) in [6.45, 7) is 4.03. The van der Waals surface area contributed by atoms with E-state index in [0.717, 1.165) is 11.4 Å². The van der Waals surface area contributed by atoms with Gasteiger partial charge < -0.3 is 15.4 Å². The fourth-order valence-corrected chi connectivity index (χ4v) is 2.43. The van der Waals surface area contributed by atoms with E-state index in [9.17, 15) is 9.59 Å². The number of hydrogen-bond donors (Lipinski definition) is 2. The number of amides is 1. The molecule has 0 aliphatic carbocycles. The van der Waals surface area contributed by atoms with E-state index in [1.807, 2.05) is 31.2 Å². The number of nitrogens with zero attached hydrogens (tertiary/aromatic N) is 2. The molecule has 0 saturated carbocycles. The van der Waals surface area contributed by atoms with E-state index in [1.165, 1.54) is 19.3 Å². The summed E-state index contributed by atoms with van der Waals surface area (Å²) in [6, 6.07) is 14.1. The Morgan fingerprint density at radius 2 is 1.50 bits per heavy atom. The zero-order valence-corrected chi connectivity index (χ0v) is 15.6. The number of nitrogens with one attached hydrogen (secondary N) is 2. The molecule has 0 fully saturated rings. The Hall–Kier alpha value is -3.74. The molecule has 3 rings (SSSR count). The maximum absolute atomic E-state index is 12.3. The van der Waals surface area contributed by atoms with Crippen LogP contribution in [0.5, 0.6) is 5.75 Å².